The fourth-order valence-corrected chi connectivity index (χ4v) is 2.25. The van der Waals surface area contributed by atoms with Crippen molar-refractivity contribution >= 4 is 11.4 Å². The molecule has 0 amide bonds. The van der Waals surface area contributed by atoms with E-state index in [1.807, 2.05) is 25.1 Å². The van der Waals surface area contributed by atoms with E-state index in [4.69, 9.17) is 15.2 Å². The summed E-state index contributed by atoms with van der Waals surface area (Å²) >= 11 is 0. The maximum absolute atomic E-state index is 5.90. The molecule has 0 spiro atoms. The van der Waals surface area contributed by atoms with Crippen LogP contribution in [0.15, 0.2) is 18.2 Å². The van der Waals surface area contributed by atoms with E-state index in [0.717, 1.165) is 24.6 Å². The zero-order valence-electron chi connectivity index (χ0n) is 11.3. The molecule has 1 aliphatic rings. The molecule has 1 aliphatic heterocycles. The second-order valence-electron chi connectivity index (χ2n) is 4.80. The van der Waals surface area contributed by atoms with E-state index in [9.17, 15) is 0 Å². The highest BCUT2D eigenvalue weighted by Gasteiger charge is 2.24. The Balaban J connectivity index is 2.23. The topological polar surface area (TPSA) is 47.7 Å². The van der Waals surface area contributed by atoms with Crippen molar-refractivity contribution in [3.8, 4) is 5.75 Å². The van der Waals surface area contributed by atoms with Crippen LogP contribution in [0.1, 0.15) is 20.8 Å². The summed E-state index contributed by atoms with van der Waals surface area (Å²) in [5.41, 5.74) is 7.74. The Morgan fingerprint density at radius 3 is 2.94 bits per heavy atom. The monoisotopic (exact) mass is 250 g/mol. The molecule has 1 fully saturated rings. The molecule has 0 aromatic heterocycles. The van der Waals surface area contributed by atoms with Crippen molar-refractivity contribution in [1.29, 1.82) is 0 Å². The Hall–Kier alpha value is -1.42. The lowest BCUT2D eigenvalue weighted by molar-refractivity contribution is 0.0343. The Kier molecular flexibility index (Phi) is 3.97. The van der Waals surface area contributed by atoms with Crippen LogP contribution >= 0.6 is 0 Å². The lowest BCUT2D eigenvalue weighted by Crippen LogP contribution is -2.47. The Morgan fingerprint density at radius 2 is 2.22 bits per heavy atom. The minimum absolute atomic E-state index is 0.259. The predicted octanol–water partition coefficient (Wildman–Crippen LogP) is 2.28. The molecule has 0 bridgehead atoms. The number of benzene rings is 1. The molecule has 1 saturated heterocycles. The minimum Gasteiger partial charge on any atom is -0.492 e. The minimum atomic E-state index is 0.259. The quantitative estimate of drug-likeness (QED) is 0.836. The van der Waals surface area contributed by atoms with Crippen LogP contribution in [-0.2, 0) is 4.74 Å². The molecule has 0 aliphatic carbocycles. The zero-order valence-corrected chi connectivity index (χ0v) is 11.3. The van der Waals surface area contributed by atoms with E-state index in [0.29, 0.717) is 18.3 Å². The molecule has 18 heavy (non-hydrogen) atoms. The third-order valence-corrected chi connectivity index (χ3v) is 3.24. The second kappa shape index (κ2) is 5.48. The van der Waals surface area contributed by atoms with Crippen molar-refractivity contribution in [1.82, 2.24) is 0 Å². The highest BCUT2D eigenvalue weighted by Crippen LogP contribution is 2.30. The molecule has 100 valence electrons. The number of morpholine rings is 1. The van der Waals surface area contributed by atoms with Gasteiger partial charge in [0.25, 0.3) is 0 Å². The van der Waals surface area contributed by atoms with Crippen molar-refractivity contribution in [2.45, 2.75) is 32.9 Å². The SMILES string of the molecule is CCOc1cc(N2CC(C)OCC2C)ccc1N. The van der Waals surface area contributed by atoms with Crippen LogP contribution in [-0.4, -0.2) is 31.9 Å². The number of hydrogen-bond acceptors (Lipinski definition) is 4. The molecular weight excluding hydrogens is 228 g/mol. The average molecular weight is 250 g/mol. The number of nitrogen functional groups attached to an aromatic ring is 1. The fourth-order valence-electron chi connectivity index (χ4n) is 2.25. The number of nitrogens with two attached hydrogens (primary N) is 1. The molecule has 2 atom stereocenters. The largest absolute Gasteiger partial charge is 0.492 e. The molecule has 2 unspecified atom stereocenters. The van der Waals surface area contributed by atoms with Crippen LogP contribution in [0.2, 0.25) is 0 Å². The second-order valence-corrected chi connectivity index (χ2v) is 4.80. The zero-order chi connectivity index (χ0) is 13.1. The van der Waals surface area contributed by atoms with E-state index in [2.05, 4.69) is 18.7 Å². The van der Waals surface area contributed by atoms with Gasteiger partial charge in [-0.25, -0.2) is 0 Å². The van der Waals surface area contributed by atoms with E-state index < -0.39 is 0 Å². The summed E-state index contributed by atoms with van der Waals surface area (Å²) in [7, 11) is 0. The number of ether oxygens (including phenoxy) is 2. The van der Waals surface area contributed by atoms with Crippen LogP contribution < -0.4 is 15.4 Å². The maximum atomic E-state index is 5.90. The van der Waals surface area contributed by atoms with Crippen LogP contribution in [0.5, 0.6) is 5.75 Å². The fraction of sp³-hybridized carbons (Fsp3) is 0.571. The summed E-state index contributed by atoms with van der Waals surface area (Å²) in [6.45, 7) is 8.52. The van der Waals surface area contributed by atoms with Gasteiger partial charge in [-0.3, -0.25) is 0 Å². The third kappa shape index (κ3) is 2.70. The van der Waals surface area contributed by atoms with Crippen LogP contribution in [0.25, 0.3) is 0 Å². The van der Waals surface area contributed by atoms with Crippen LogP contribution in [0.3, 0.4) is 0 Å². The normalized spacial score (nSPS) is 24.1. The summed E-state index contributed by atoms with van der Waals surface area (Å²) in [5, 5.41) is 0. The van der Waals surface area contributed by atoms with Gasteiger partial charge in [-0.05, 0) is 32.9 Å². The molecule has 4 nitrogen and oxygen atoms in total. The van der Waals surface area contributed by atoms with Crippen molar-refractivity contribution in [2.75, 3.05) is 30.4 Å². The number of nitrogens with zero attached hydrogens (tertiary/aromatic N) is 1. The van der Waals surface area contributed by atoms with Gasteiger partial charge in [0.1, 0.15) is 5.75 Å². The van der Waals surface area contributed by atoms with Gasteiger partial charge in [-0.1, -0.05) is 0 Å². The number of anilines is 2. The highest BCUT2D eigenvalue weighted by molar-refractivity contribution is 5.62. The van der Waals surface area contributed by atoms with Gasteiger partial charge >= 0.3 is 0 Å². The number of hydrogen-bond donors (Lipinski definition) is 1. The van der Waals surface area contributed by atoms with Crippen molar-refractivity contribution < 1.29 is 9.47 Å². The van der Waals surface area contributed by atoms with Crippen molar-refractivity contribution in [3.05, 3.63) is 18.2 Å². The first-order valence-corrected chi connectivity index (χ1v) is 6.52. The Bertz CT molecular complexity index is 409. The van der Waals surface area contributed by atoms with Gasteiger partial charge in [0.05, 0.1) is 25.0 Å². The van der Waals surface area contributed by atoms with Gasteiger partial charge in [-0.15, -0.1) is 0 Å². The molecule has 2 N–H and O–H groups in total. The first-order valence-electron chi connectivity index (χ1n) is 6.52. The average Bonchev–Trinajstić information content (AvgIpc) is 2.35. The molecule has 1 aromatic rings. The van der Waals surface area contributed by atoms with Gasteiger partial charge in [0, 0.05) is 24.3 Å². The Labute approximate surface area is 109 Å². The first kappa shape index (κ1) is 13.0. The van der Waals surface area contributed by atoms with Gasteiger partial charge in [0.15, 0.2) is 0 Å². The van der Waals surface area contributed by atoms with Crippen molar-refractivity contribution in [2.24, 2.45) is 0 Å². The molecule has 2 rings (SSSR count). The molecule has 0 saturated carbocycles. The number of rotatable bonds is 3. The lowest BCUT2D eigenvalue weighted by Gasteiger charge is -2.38. The van der Waals surface area contributed by atoms with Gasteiger partial charge < -0.3 is 20.1 Å². The van der Waals surface area contributed by atoms with Gasteiger partial charge in [-0.2, -0.15) is 0 Å². The standard InChI is InChI=1S/C14H22N2O2/c1-4-17-14-7-12(5-6-13(14)15)16-8-11(3)18-9-10(16)2/h5-7,10-11H,4,8-9,15H2,1-3H3. The first-order chi connectivity index (χ1) is 8.61. The summed E-state index contributed by atoms with van der Waals surface area (Å²) in [5.74, 6) is 0.765. The van der Waals surface area contributed by atoms with Gasteiger partial charge in [0.2, 0.25) is 0 Å². The van der Waals surface area contributed by atoms with E-state index >= 15 is 0 Å². The van der Waals surface area contributed by atoms with Crippen molar-refractivity contribution in [3.63, 3.8) is 0 Å². The molecule has 0 radical (unpaired) electrons. The molecule has 4 heteroatoms. The van der Waals surface area contributed by atoms with E-state index in [1.54, 1.807) is 0 Å². The summed E-state index contributed by atoms with van der Waals surface area (Å²) in [6.07, 6.45) is 0.259. The highest BCUT2D eigenvalue weighted by atomic mass is 16.5. The molecular formula is C14H22N2O2. The lowest BCUT2D eigenvalue weighted by atomic mass is 10.1. The summed E-state index contributed by atoms with van der Waals surface area (Å²) in [4.78, 5) is 2.34. The summed E-state index contributed by atoms with van der Waals surface area (Å²) < 4.78 is 11.2. The van der Waals surface area contributed by atoms with Crippen LogP contribution in [0.4, 0.5) is 11.4 Å². The summed E-state index contributed by atoms with van der Waals surface area (Å²) in [6, 6.07) is 6.35. The third-order valence-electron chi connectivity index (χ3n) is 3.24. The van der Waals surface area contributed by atoms with E-state index in [-0.39, 0.29) is 6.10 Å². The smallest absolute Gasteiger partial charge is 0.144 e. The molecule has 1 aromatic carbocycles. The maximum Gasteiger partial charge on any atom is 0.144 e. The van der Waals surface area contributed by atoms with E-state index in [1.165, 1.54) is 0 Å². The molecule has 1 heterocycles. The Morgan fingerprint density at radius 1 is 1.44 bits per heavy atom. The van der Waals surface area contributed by atoms with Crippen LogP contribution in [0, 0.1) is 0 Å². The predicted molar refractivity (Wildman–Crippen MR) is 74.2 cm³/mol.